The van der Waals surface area contributed by atoms with E-state index in [1.165, 1.54) is 13.1 Å². The maximum atomic E-state index is 11.6. The van der Waals surface area contributed by atoms with Crippen LogP contribution in [-0.4, -0.2) is 22.5 Å². The minimum Gasteiger partial charge on any atom is -0.456 e. The molecule has 0 saturated carbocycles. The third-order valence-electron chi connectivity index (χ3n) is 1.39. The van der Waals surface area contributed by atoms with E-state index in [-0.39, 0.29) is 5.91 Å². The van der Waals surface area contributed by atoms with Crippen LogP contribution in [0.25, 0.3) is 0 Å². The van der Waals surface area contributed by atoms with E-state index in [1.807, 2.05) is 0 Å². The summed E-state index contributed by atoms with van der Waals surface area (Å²) in [6.07, 6.45) is 1.39. The molecule has 0 radical (unpaired) electrons. The van der Waals surface area contributed by atoms with E-state index in [0.29, 0.717) is 10.0 Å². The lowest BCUT2D eigenvalue weighted by Gasteiger charge is -2.18. The van der Waals surface area contributed by atoms with Crippen LogP contribution in [0.5, 0.6) is 0 Å². The molecule has 0 unspecified atom stereocenters. The van der Waals surface area contributed by atoms with E-state index in [2.05, 4.69) is 10.3 Å². The van der Waals surface area contributed by atoms with E-state index < -0.39 is 11.6 Å². The highest BCUT2D eigenvalue weighted by atomic mass is 32.1. The lowest BCUT2D eigenvalue weighted by molar-refractivity contribution is -0.114. The molecule has 0 aromatic carbocycles. The first-order chi connectivity index (χ1) is 7.28. The second-order valence-electron chi connectivity index (χ2n) is 4.21. The predicted octanol–water partition coefficient (Wildman–Crippen LogP) is 2.06. The molecule has 0 fully saturated rings. The van der Waals surface area contributed by atoms with Gasteiger partial charge in [-0.3, -0.25) is 4.79 Å². The van der Waals surface area contributed by atoms with Crippen LogP contribution >= 0.6 is 11.3 Å². The van der Waals surface area contributed by atoms with Crippen molar-refractivity contribution in [3.63, 3.8) is 0 Å². The highest BCUT2D eigenvalue weighted by Crippen LogP contribution is 2.21. The Kier molecular flexibility index (Phi) is 3.64. The van der Waals surface area contributed by atoms with Gasteiger partial charge in [0.2, 0.25) is 5.91 Å². The number of esters is 1. The first kappa shape index (κ1) is 12.6. The molecular weight excluding hydrogens is 228 g/mol. The summed E-state index contributed by atoms with van der Waals surface area (Å²) in [7, 11) is 0. The second-order valence-corrected chi connectivity index (χ2v) is 5.24. The largest absolute Gasteiger partial charge is 0.456 e. The smallest absolute Gasteiger partial charge is 0.350 e. The van der Waals surface area contributed by atoms with Gasteiger partial charge in [-0.15, -0.1) is 0 Å². The first-order valence-corrected chi connectivity index (χ1v) is 5.56. The van der Waals surface area contributed by atoms with Gasteiger partial charge in [-0.25, -0.2) is 9.78 Å². The summed E-state index contributed by atoms with van der Waals surface area (Å²) < 4.78 is 5.16. The van der Waals surface area contributed by atoms with Crippen molar-refractivity contribution in [1.82, 2.24) is 4.98 Å². The van der Waals surface area contributed by atoms with Crippen molar-refractivity contribution in [2.75, 3.05) is 5.32 Å². The normalized spacial score (nSPS) is 11.0. The molecule has 0 aliphatic rings. The quantitative estimate of drug-likeness (QED) is 0.806. The van der Waals surface area contributed by atoms with Gasteiger partial charge in [-0.2, -0.15) is 0 Å². The van der Waals surface area contributed by atoms with Gasteiger partial charge in [0.15, 0.2) is 5.13 Å². The van der Waals surface area contributed by atoms with E-state index in [1.54, 1.807) is 20.8 Å². The van der Waals surface area contributed by atoms with Crippen LogP contribution in [0.4, 0.5) is 5.13 Å². The number of ether oxygens (including phenoxy) is 1. The van der Waals surface area contributed by atoms with Crippen molar-refractivity contribution in [2.24, 2.45) is 0 Å². The Morgan fingerprint density at radius 2 is 2.06 bits per heavy atom. The Bertz CT molecular complexity index is 406. The number of carbonyl (C=O) groups excluding carboxylic acids is 2. The van der Waals surface area contributed by atoms with Gasteiger partial charge < -0.3 is 10.1 Å². The SMILES string of the molecule is CC(=O)Nc1ncc(C(=O)OC(C)(C)C)s1. The molecule has 1 N–H and O–H groups in total. The topological polar surface area (TPSA) is 68.3 Å². The molecule has 1 aromatic heterocycles. The molecule has 16 heavy (non-hydrogen) atoms. The van der Waals surface area contributed by atoms with Gasteiger partial charge >= 0.3 is 5.97 Å². The van der Waals surface area contributed by atoms with E-state index in [0.717, 1.165) is 11.3 Å². The second kappa shape index (κ2) is 4.61. The number of amides is 1. The summed E-state index contributed by atoms with van der Waals surface area (Å²) in [6, 6.07) is 0. The number of thiazole rings is 1. The van der Waals surface area contributed by atoms with Crippen molar-refractivity contribution in [1.29, 1.82) is 0 Å². The zero-order valence-electron chi connectivity index (χ0n) is 9.66. The third-order valence-corrected chi connectivity index (χ3v) is 2.28. The fourth-order valence-corrected chi connectivity index (χ4v) is 1.64. The van der Waals surface area contributed by atoms with Crippen LogP contribution in [0.1, 0.15) is 37.4 Å². The molecule has 0 spiro atoms. The third kappa shape index (κ3) is 3.98. The lowest BCUT2D eigenvalue weighted by atomic mass is 10.2. The standard InChI is InChI=1S/C10H14N2O3S/c1-6(13)12-9-11-5-7(16-9)8(14)15-10(2,3)4/h5H,1-4H3,(H,11,12,13). The minimum absolute atomic E-state index is 0.218. The fraction of sp³-hybridized carbons (Fsp3) is 0.500. The van der Waals surface area contributed by atoms with Crippen LogP contribution < -0.4 is 5.32 Å². The molecular formula is C10H14N2O3S. The molecule has 1 heterocycles. The van der Waals surface area contributed by atoms with Crippen LogP contribution in [0.3, 0.4) is 0 Å². The average molecular weight is 242 g/mol. The maximum Gasteiger partial charge on any atom is 0.350 e. The van der Waals surface area contributed by atoms with Gasteiger partial charge in [0.1, 0.15) is 10.5 Å². The Hall–Kier alpha value is -1.43. The highest BCUT2D eigenvalue weighted by molar-refractivity contribution is 7.17. The number of nitrogens with one attached hydrogen (secondary N) is 1. The molecule has 0 aliphatic carbocycles. The lowest BCUT2D eigenvalue weighted by Crippen LogP contribution is -2.23. The summed E-state index contributed by atoms with van der Waals surface area (Å²) in [5.74, 6) is -0.647. The van der Waals surface area contributed by atoms with Crippen molar-refractivity contribution in [3.8, 4) is 0 Å². The highest BCUT2D eigenvalue weighted by Gasteiger charge is 2.20. The Morgan fingerprint density at radius 1 is 1.44 bits per heavy atom. The summed E-state index contributed by atoms with van der Waals surface area (Å²) in [4.78, 5) is 26.6. The Balaban J connectivity index is 2.71. The van der Waals surface area contributed by atoms with E-state index in [4.69, 9.17) is 4.74 Å². The minimum atomic E-state index is -0.532. The monoisotopic (exact) mass is 242 g/mol. The average Bonchev–Trinajstić information content (AvgIpc) is 2.48. The number of anilines is 1. The summed E-state index contributed by atoms with van der Waals surface area (Å²) in [5, 5.41) is 2.90. The number of hydrogen-bond acceptors (Lipinski definition) is 5. The van der Waals surface area contributed by atoms with Gasteiger partial charge in [-0.05, 0) is 20.8 Å². The molecule has 1 aromatic rings. The van der Waals surface area contributed by atoms with Crippen LogP contribution in [0.15, 0.2) is 6.20 Å². The maximum absolute atomic E-state index is 11.6. The van der Waals surface area contributed by atoms with Crippen molar-refractivity contribution in [3.05, 3.63) is 11.1 Å². The zero-order valence-corrected chi connectivity index (χ0v) is 10.5. The van der Waals surface area contributed by atoms with Crippen LogP contribution in [0.2, 0.25) is 0 Å². The van der Waals surface area contributed by atoms with E-state index >= 15 is 0 Å². The van der Waals surface area contributed by atoms with Gasteiger partial charge in [-0.1, -0.05) is 11.3 Å². The molecule has 5 nitrogen and oxygen atoms in total. The van der Waals surface area contributed by atoms with Crippen molar-refractivity contribution in [2.45, 2.75) is 33.3 Å². The predicted molar refractivity (Wildman–Crippen MR) is 61.6 cm³/mol. The zero-order chi connectivity index (χ0) is 12.3. The van der Waals surface area contributed by atoms with Gasteiger partial charge in [0.25, 0.3) is 0 Å². The molecule has 6 heteroatoms. The Morgan fingerprint density at radius 3 is 2.56 bits per heavy atom. The van der Waals surface area contributed by atoms with E-state index in [9.17, 15) is 9.59 Å². The molecule has 0 bridgehead atoms. The molecule has 0 saturated heterocycles. The van der Waals surface area contributed by atoms with Gasteiger partial charge in [0, 0.05) is 6.92 Å². The van der Waals surface area contributed by atoms with Gasteiger partial charge in [0.05, 0.1) is 6.20 Å². The number of aromatic nitrogens is 1. The van der Waals surface area contributed by atoms with Crippen LogP contribution in [0, 0.1) is 0 Å². The summed E-state index contributed by atoms with van der Waals surface area (Å²) in [6.45, 7) is 6.76. The van der Waals surface area contributed by atoms with Crippen LogP contribution in [-0.2, 0) is 9.53 Å². The number of nitrogens with zero attached hydrogens (tertiary/aromatic N) is 1. The fourth-order valence-electron chi connectivity index (χ4n) is 0.905. The first-order valence-electron chi connectivity index (χ1n) is 4.75. The number of carbonyl (C=O) groups is 2. The molecule has 88 valence electrons. The molecule has 0 aliphatic heterocycles. The molecule has 0 atom stereocenters. The summed E-state index contributed by atoms with van der Waals surface area (Å²) in [5.41, 5.74) is -0.532. The summed E-state index contributed by atoms with van der Waals surface area (Å²) >= 11 is 1.09. The molecule has 1 rings (SSSR count). The van der Waals surface area contributed by atoms with Crippen molar-refractivity contribution >= 4 is 28.3 Å². The number of rotatable bonds is 2. The Labute approximate surface area is 97.8 Å². The molecule has 1 amide bonds. The number of hydrogen-bond donors (Lipinski definition) is 1. The van der Waals surface area contributed by atoms with Crippen molar-refractivity contribution < 1.29 is 14.3 Å².